The number of rotatable bonds is 1. The molecule has 5 nitrogen and oxygen atoms in total. The maximum atomic E-state index is 11.1. The molecule has 0 spiro atoms. The molecule has 0 amide bonds. The van der Waals surface area contributed by atoms with Gasteiger partial charge >= 0.3 is 5.97 Å². The average molecular weight is 359 g/mol. The Morgan fingerprint density at radius 3 is 3.12 bits per heavy atom. The van der Waals surface area contributed by atoms with E-state index in [4.69, 9.17) is 5.11 Å². The van der Waals surface area contributed by atoms with Crippen molar-refractivity contribution in [2.24, 2.45) is 0 Å². The minimum Gasteiger partial charge on any atom is -0.478 e. The van der Waals surface area contributed by atoms with Gasteiger partial charge in [-0.15, -0.1) is 5.10 Å². The predicted octanol–water partition coefficient (Wildman–Crippen LogP) is 2.18. The molecule has 7 heteroatoms. The highest BCUT2D eigenvalue weighted by atomic mass is 127. The summed E-state index contributed by atoms with van der Waals surface area (Å²) in [5.41, 5.74) is 1.96. The molecule has 1 aliphatic heterocycles. The minimum absolute atomic E-state index is 0.339. The van der Waals surface area contributed by atoms with Crippen LogP contribution in [-0.2, 0) is 5.75 Å². The number of hydrogen-bond acceptors (Lipinski definition) is 4. The van der Waals surface area contributed by atoms with E-state index in [1.54, 1.807) is 16.8 Å². The van der Waals surface area contributed by atoms with E-state index in [0.29, 0.717) is 15.1 Å². The first-order valence-corrected chi connectivity index (χ1v) is 6.84. The second-order valence-corrected chi connectivity index (χ2v) is 5.38. The fourth-order valence-electron chi connectivity index (χ4n) is 1.79. The van der Waals surface area contributed by atoms with Crippen molar-refractivity contribution < 1.29 is 9.90 Å². The number of aromatic carboxylic acids is 1. The molecule has 0 aliphatic carbocycles. The number of carboxylic acids is 1. The Kier molecular flexibility index (Phi) is 2.58. The molecular formula is C10H6IN3O2S. The van der Waals surface area contributed by atoms with Gasteiger partial charge in [0.15, 0.2) is 5.16 Å². The van der Waals surface area contributed by atoms with Gasteiger partial charge in [0.25, 0.3) is 0 Å². The topological polar surface area (TPSA) is 68.0 Å². The van der Waals surface area contributed by atoms with E-state index >= 15 is 0 Å². The summed E-state index contributed by atoms with van der Waals surface area (Å²) in [6.45, 7) is 0. The van der Waals surface area contributed by atoms with Crippen molar-refractivity contribution in [2.75, 3.05) is 0 Å². The number of thioether (sulfide) groups is 1. The first kappa shape index (κ1) is 11.0. The summed E-state index contributed by atoms with van der Waals surface area (Å²) in [7, 11) is 0. The molecular weight excluding hydrogens is 353 g/mol. The van der Waals surface area contributed by atoms with Crippen LogP contribution in [0.25, 0.3) is 5.69 Å². The molecule has 1 aliphatic rings. The number of aromatic nitrogens is 3. The third-order valence-corrected chi connectivity index (χ3v) is 3.92. The van der Waals surface area contributed by atoms with Crippen molar-refractivity contribution in [3.63, 3.8) is 0 Å². The largest absolute Gasteiger partial charge is 0.478 e. The van der Waals surface area contributed by atoms with Gasteiger partial charge in [-0.25, -0.2) is 9.48 Å². The highest BCUT2D eigenvalue weighted by Crippen LogP contribution is 2.34. The average Bonchev–Trinajstić information content (AvgIpc) is 2.68. The summed E-state index contributed by atoms with van der Waals surface area (Å²) >= 11 is 3.55. The monoisotopic (exact) mass is 359 g/mol. The van der Waals surface area contributed by atoms with Crippen molar-refractivity contribution in [3.05, 3.63) is 33.2 Å². The molecule has 17 heavy (non-hydrogen) atoms. The normalized spacial score (nSPS) is 13.0. The van der Waals surface area contributed by atoms with Crippen LogP contribution in [0.15, 0.2) is 23.4 Å². The molecule has 0 radical (unpaired) electrons. The van der Waals surface area contributed by atoms with Crippen LogP contribution in [-0.4, -0.2) is 25.8 Å². The quantitative estimate of drug-likeness (QED) is 0.791. The molecule has 1 N–H and O–H groups in total. The maximum Gasteiger partial charge on any atom is 0.336 e. The molecule has 0 atom stereocenters. The molecule has 3 rings (SSSR count). The number of benzene rings is 1. The van der Waals surface area contributed by atoms with Crippen LogP contribution in [0.5, 0.6) is 0 Å². The third-order valence-electron chi connectivity index (χ3n) is 2.51. The Bertz CT molecular complexity index is 626. The fraction of sp³-hybridized carbons (Fsp3) is 0.100. The molecule has 0 bridgehead atoms. The second kappa shape index (κ2) is 3.98. The molecule has 1 aromatic heterocycles. The van der Waals surface area contributed by atoms with Gasteiger partial charge in [-0.05, 0) is 12.1 Å². The summed E-state index contributed by atoms with van der Waals surface area (Å²) in [6, 6.07) is 5.22. The Morgan fingerprint density at radius 2 is 2.35 bits per heavy atom. The molecule has 86 valence electrons. The Hall–Kier alpha value is -1.09. The fourth-order valence-corrected chi connectivity index (χ4v) is 3.38. The molecule has 0 unspecified atom stereocenters. The third kappa shape index (κ3) is 1.73. The minimum atomic E-state index is -0.902. The van der Waals surface area contributed by atoms with Crippen molar-refractivity contribution >= 4 is 40.3 Å². The lowest BCUT2D eigenvalue weighted by Gasteiger charge is -2.17. The number of hydrogen-bond donors (Lipinski definition) is 1. The van der Waals surface area contributed by atoms with Crippen LogP contribution in [0.4, 0.5) is 0 Å². The van der Waals surface area contributed by atoms with E-state index in [0.717, 1.165) is 16.4 Å². The maximum absolute atomic E-state index is 11.1. The van der Waals surface area contributed by atoms with Crippen LogP contribution in [0.3, 0.4) is 0 Å². The molecule has 2 heterocycles. The van der Waals surface area contributed by atoms with Gasteiger partial charge in [0.1, 0.15) is 0 Å². The van der Waals surface area contributed by atoms with Crippen molar-refractivity contribution in [1.82, 2.24) is 14.8 Å². The highest BCUT2D eigenvalue weighted by Gasteiger charge is 2.23. The van der Waals surface area contributed by atoms with Gasteiger partial charge in [-0.1, -0.05) is 17.8 Å². The zero-order valence-corrected chi connectivity index (χ0v) is 11.4. The lowest BCUT2D eigenvalue weighted by atomic mass is 10.1. The standard InChI is InChI=1S/C10H6IN3O2S/c11-9-12-10-14(13-9)7-3-1-2-5(8(15)16)6(7)4-17-10/h1-3H,4H2,(H,15,16). The molecule has 0 saturated carbocycles. The SMILES string of the molecule is O=C(O)c1cccc2c1CSc1nc(I)nn1-2. The Balaban J connectivity index is 2.26. The second-order valence-electron chi connectivity index (χ2n) is 3.47. The van der Waals surface area contributed by atoms with Gasteiger partial charge in [0.2, 0.25) is 3.83 Å². The van der Waals surface area contributed by atoms with Crippen LogP contribution in [0.2, 0.25) is 0 Å². The lowest BCUT2D eigenvalue weighted by molar-refractivity contribution is 0.0696. The molecule has 1 aromatic carbocycles. The lowest BCUT2D eigenvalue weighted by Crippen LogP contribution is -2.12. The van der Waals surface area contributed by atoms with Gasteiger partial charge in [-0.2, -0.15) is 4.98 Å². The highest BCUT2D eigenvalue weighted by molar-refractivity contribution is 14.1. The Morgan fingerprint density at radius 1 is 1.53 bits per heavy atom. The number of fused-ring (bicyclic) bond motifs is 3. The number of carboxylic acid groups (broad SMARTS) is 1. The van der Waals surface area contributed by atoms with E-state index in [1.807, 2.05) is 28.7 Å². The van der Waals surface area contributed by atoms with E-state index < -0.39 is 5.97 Å². The zero-order valence-electron chi connectivity index (χ0n) is 8.42. The summed E-state index contributed by atoms with van der Waals surface area (Å²) in [4.78, 5) is 15.4. The predicted molar refractivity (Wildman–Crippen MR) is 70.6 cm³/mol. The summed E-state index contributed by atoms with van der Waals surface area (Å²) in [6.07, 6.45) is 0. The van der Waals surface area contributed by atoms with E-state index in [-0.39, 0.29) is 0 Å². The van der Waals surface area contributed by atoms with Crippen LogP contribution < -0.4 is 0 Å². The zero-order chi connectivity index (χ0) is 12.0. The van der Waals surface area contributed by atoms with Gasteiger partial charge in [0.05, 0.1) is 11.3 Å². The van der Waals surface area contributed by atoms with Crippen molar-refractivity contribution in [3.8, 4) is 5.69 Å². The summed E-state index contributed by atoms with van der Waals surface area (Å²) in [5.74, 6) is -0.284. The number of nitrogens with zero attached hydrogens (tertiary/aromatic N) is 3. The van der Waals surface area contributed by atoms with E-state index in [9.17, 15) is 4.79 Å². The summed E-state index contributed by atoms with van der Waals surface area (Å²) in [5, 5.41) is 14.2. The number of halogens is 1. The van der Waals surface area contributed by atoms with E-state index in [2.05, 4.69) is 10.1 Å². The first-order chi connectivity index (χ1) is 8.16. The van der Waals surface area contributed by atoms with Gasteiger partial charge in [0, 0.05) is 33.9 Å². The van der Waals surface area contributed by atoms with Crippen molar-refractivity contribution in [2.45, 2.75) is 10.9 Å². The molecule has 0 fully saturated rings. The van der Waals surface area contributed by atoms with Crippen LogP contribution >= 0.6 is 34.4 Å². The van der Waals surface area contributed by atoms with Crippen LogP contribution in [0, 0.1) is 3.83 Å². The molecule has 0 saturated heterocycles. The Labute approximate surface area is 114 Å². The van der Waals surface area contributed by atoms with Gasteiger partial charge in [-0.3, -0.25) is 0 Å². The molecule has 2 aromatic rings. The van der Waals surface area contributed by atoms with Crippen LogP contribution in [0.1, 0.15) is 15.9 Å². The van der Waals surface area contributed by atoms with Crippen molar-refractivity contribution in [1.29, 1.82) is 0 Å². The first-order valence-electron chi connectivity index (χ1n) is 4.78. The van der Waals surface area contributed by atoms with Gasteiger partial charge < -0.3 is 5.11 Å². The number of carbonyl (C=O) groups is 1. The summed E-state index contributed by atoms with van der Waals surface area (Å²) < 4.78 is 2.37. The smallest absolute Gasteiger partial charge is 0.336 e. The van der Waals surface area contributed by atoms with E-state index in [1.165, 1.54) is 11.8 Å².